The molecule has 0 unspecified atom stereocenters. The fraction of sp³-hybridized carbons (Fsp3) is 0. The summed E-state index contributed by atoms with van der Waals surface area (Å²) >= 11 is 11.1. The number of hydrogen-bond donors (Lipinski definition) is 0. The van der Waals surface area contributed by atoms with Crippen molar-refractivity contribution in [1.82, 2.24) is 0 Å². The summed E-state index contributed by atoms with van der Waals surface area (Å²) in [6, 6.07) is 0. The van der Waals surface area contributed by atoms with Gasteiger partial charge in [-0.15, -0.1) is 0 Å². The van der Waals surface area contributed by atoms with Gasteiger partial charge >= 0.3 is 36.9 Å². The third-order valence-corrected chi connectivity index (χ3v) is 0. The average molecular weight is 349 g/mol. The molecule has 0 fully saturated rings. The first-order valence-electron chi connectivity index (χ1n) is 1.28. The topological polar surface area (TPSA) is 66.9 Å². The zero-order chi connectivity index (χ0) is 8.12. The quantitative estimate of drug-likeness (QED) is 0.496. The van der Waals surface area contributed by atoms with E-state index in [4.69, 9.17) is 16.2 Å². The Morgan fingerprint density at radius 2 is 0.700 bits per heavy atom. The van der Waals surface area contributed by atoms with Gasteiger partial charge < -0.3 is 16.2 Å². The fourth-order valence-electron chi connectivity index (χ4n) is 0. The predicted octanol–water partition coefficient (Wildman–Crippen LogP) is 1.98. The Kier molecular flexibility index (Phi) is 122. The number of thiocarbonyl (C=S) groups is 3. The first kappa shape index (κ1) is 22.4. The molecule has 0 aromatic rings. The van der Waals surface area contributed by atoms with Crippen molar-refractivity contribution < 1.29 is 36.9 Å². The summed E-state index contributed by atoms with van der Waals surface area (Å²) in [5.41, 5.74) is 0. The van der Waals surface area contributed by atoms with Crippen molar-refractivity contribution in [2.75, 3.05) is 0 Å². The molecule has 0 spiro atoms. The number of isothiocyanates is 3. The van der Waals surface area contributed by atoms with Gasteiger partial charge in [0.2, 0.25) is 0 Å². The number of hydrogen-bond acceptors (Lipinski definition) is 3. The molecule has 0 aliphatic carbocycles. The summed E-state index contributed by atoms with van der Waals surface area (Å²) in [5, 5.41) is 25.4. The van der Waals surface area contributed by atoms with E-state index in [1.807, 2.05) is 0 Å². The van der Waals surface area contributed by atoms with E-state index in [9.17, 15) is 0 Å². The van der Waals surface area contributed by atoms with E-state index in [0.717, 1.165) is 0 Å². The minimum atomic E-state index is 0. The molecule has 0 aromatic carbocycles. The van der Waals surface area contributed by atoms with E-state index in [1.54, 1.807) is 0 Å². The molecule has 0 atom stereocenters. The van der Waals surface area contributed by atoms with Crippen molar-refractivity contribution in [2.45, 2.75) is 0 Å². The van der Waals surface area contributed by atoms with Crippen LogP contribution < -0.4 is 0 Å². The van der Waals surface area contributed by atoms with E-state index in [2.05, 4.69) is 36.7 Å². The van der Waals surface area contributed by atoms with Crippen LogP contribution in [0.15, 0.2) is 0 Å². The maximum absolute atomic E-state index is 7.13. The van der Waals surface area contributed by atoms with Crippen LogP contribution >= 0.6 is 36.7 Å². The molecule has 0 radical (unpaired) electrons. The van der Waals surface area contributed by atoms with Crippen LogP contribution in [0.3, 0.4) is 0 Å². The van der Waals surface area contributed by atoms with Crippen LogP contribution in [0.5, 0.6) is 0 Å². The molecule has 0 aliphatic rings. The largest absolute Gasteiger partial charge is 3.00 e. The molecule has 0 N–H and O–H groups in total. The van der Waals surface area contributed by atoms with Crippen LogP contribution in [-0.2, 0) is 0 Å². The van der Waals surface area contributed by atoms with E-state index in [-0.39, 0.29) is 36.9 Å². The van der Waals surface area contributed by atoms with Gasteiger partial charge in [-0.05, 0) is 0 Å². The molecule has 0 saturated heterocycles. The minimum Gasteiger partial charge on any atom is -0.753 e. The maximum atomic E-state index is 7.13. The molecule has 0 aliphatic heterocycles. The second-order valence-corrected chi connectivity index (χ2v) is 0.822. The Morgan fingerprint density at radius 1 is 0.700 bits per heavy atom. The van der Waals surface area contributed by atoms with Gasteiger partial charge in [-0.2, -0.15) is 15.5 Å². The van der Waals surface area contributed by atoms with Crippen LogP contribution in [0, 0.1) is 36.9 Å². The van der Waals surface area contributed by atoms with Gasteiger partial charge in [0.1, 0.15) is 0 Å². The zero-order valence-electron chi connectivity index (χ0n) is 4.32. The summed E-state index contributed by atoms with van der Waals surface area (Å²) in [6.45, 7) is 0. The maximum Gasteiger partial charge on any atom is 3.00 e. The number of rotatable bonds is 0. The van der Waals surface area contributed by atoms with Crippen molar-refractivity contribution in [2.24, 2.45) is 0 Å². The Labute approximate surface area is 104 Å². The third-order valence-electron chi connectivity index (χ3n) is 0. The van der Waals surface area contributed by atoms with Crippen molar-refractivity contribution in [1.29, 1.82) is 0 Å². The predicted molar refractivity (Wildman–Crippen MR) is 47.9 cm³/mol. The van der Waals surface area contributed by atoms with E-state index in [0.29, 0.717) is 0 Å². The van der Waals surface area contributed by atoms with Crippen molar-refractivity contribution in [3.8, 4) is 0 Å². The van der Waals surface area contributed by atoms with Gasteiger partial charge in [-0.3, -0.25) is 0 Å². The molecule has 60 valence electrons. The molecule has 0 heterocycles. The molecule has 0 amide bonds. The molecular weight excluding hydrogens is 349 g/mol. The molecule has 0 rings (SSSR count). The first-order valence-corrected chi connectivity index (χ1v) is 2.51. The molecular formula is C3LuN3S3. The van der Waals surface area contributed by atoms with Crippen molar-refractivity contribution in [3.63, 3.8) is 0 Å². The SMILES string of the molecule is [Lu+3].[N-]=C=S.[N-]=C=S.[N-]=C=S. The van der Waals surface area contributed by atoms with Crippen molar-refractivity contribution in [3.05, 3.63) is 16.2 Å². The Balaban J connectivity index is -0.0000000257. The van der Waals surface area contributed by atoms with E-state index in [1.165, 1.54) is 15.5 Å². The van der Waals surface area contributed by atoms with Crippen LogP contribution in [0.25, 0.3) is 16.2 Å². The number of nitrogens with zero attached hydrogens (tertiary/aromatic N) is 3. The van der Waals surface area contributed by atoms with Crippen LogP contribution in [0.1, 0.15) is 0 Å². The third kappa shape index (κ3) is 1250. The second-order valence-electron chi connectivity index (χ2n) is 0.274. The fourth-order valence-corrected chi connectivity index (χ4v) is 0. The molecule has 0 bridgehead atoms. The smallest absolute Gasteiger partial charge is 0.753 e. The average Bonchev–Trinajstić information content (AvgIpc) is 1.70. The molecule has 10 heavy (non-hydrogen) atoms. The van der Waals surface area contributed by atoms with Crippen molar-refractivity contribution >= 4 is 52.1 Å². The van der Waals surface area contributed by atoms with Gasteiger partial charge in [0.15, 0.2) is 0 Å². The summed E-state index contributed by atoms with van der Waals surface area (Å²) in [7, 11) is 0. The van der Waals surface area contributed by atoms with Crippen LogP contribution in [0.2, 0.25) is 0 Å². The van der Waals surface area contributed by atoms with Gasteiger partial charge in [0.25, 0.3) is 0 Å². The normalized spacial score (nSPS) is 2.40. The van der Waals surface area contributed by atoms with Gasteiger partial charge in [0.05, 0.1) is 0 Å². The van der Waals surface area contributed by atoms with E-state index < -0.39 is 0 Å². The van der Waals surface area contributed by atoms with Gasteiger partial charge in [-0.25, -0.2) is 0 Å². The summed E-state index contributed by atoms with van der Waals surface area (Å²) in [5.74, 6) is 0. The molecule has 0 aromatic heterocycles. The van der Waals surface area contributed by atoms with Crippen LogP contribution in [0.4, 0.5) is 0 Å². The summed E-state index contributed by atoms with van der Waals surface area (Å²) < 4.78 is 0. The molecule has 3 nitrogen and oxygen atoms in total. The molecule has 0 saturated carbocycles. The van der Waals surface area contributed by atoms with Gasteiger partial charge in [0, 0.05) is 0 Å². The van der Waals surface area contributed by atoms with Gasteiger partial charge in [-0.1, -0.05) is 36.7 Å². The summed E-state index contributed by atoms with van der Waals surface area (Å²) in [6.07, 6.45) is 0. The summed E-state index contributed by atoms with van der Waals surface area (Å²) in [4.78, 5) is 0. The second kappa shape index (κ2) is 54.4. The standard InChI is InChI=1S/3CNS.Lu/c3*2-1-3;/q3*-1;+3. The first-order chi connectivity index (χ1) is 4.24. The van der Waals surface area contributed by atoms with E-state index >= 15 is 0 Å². The monoisotopic (exact) mass is 349 g/mol. The minimum absolute atomic E-state index is 0. The molecule has 7 heteroatoms. The van der Waals surface area contributed by atoms with Crippen LogP contribution in [-0.4, -0.2) is 15.5 Å². The zero-order valence-corrected chi connectivity index (χ0v) is 8.43. The Morgan fingerprint density at radius 3 is 0.700 bits per heavy atom. The Bertz CT molecular complexity index is 111. The Hall–Kier alpha value is 0.634.